The van der Waals surface area contributed by atoms with Gasteiger partial charge in [-0.15, -0.1) is 0 Å². The summed E-state index contributed by atoms with van der Waals surface area (Å²) >= 11 is 0. The van der Waals surface area contributed by atoms with Crippen LogP contribution in [0.4, 0.5) is 0 Å². The van der Waals surface area contributed by atoms with E-state index in [9.17, 15) is 9.59 Å². The number of likely N-dealkylation sites (tertiary alicyclic amines) is 1. The molecular formula is C13H22N2O3. The van der Waals surface area contributed by atoms with E-state index in [-0.39, 0.29) is 23.1 Å². The third-order valence-electron chi connectivity index (χ3n) is 3.90. The Morgan fingerprint density at radius 3 is 2.39 bits per heavy atom. The van der Waals surface area contributed by atoms with Crippen molar-refractivity contribution >= 4 is 11.8 Å². The number of nitrogens with zero attached hydrogens (tertiary/aromatic N) is 1. The highest BCUT2D eigenvalue weighted by Gasteiger charge is 2.34. The van der Waals surface area contributed by atoms with Crippen LogP contribution in [0.2, 0.25) is 0 Å². The highest BCUT2D eigenvalue weighted by molar-refractivity contribution is 5.79. The maximum Gasteiger partial charge on any atom is 0.223 e. The van der Waals surface area contributed by atoms with Gasteiger partial charge in [0.25, 0.3) is 0 Å². The van der Waals surface area contributed by atoms with Crippen LogP contribution in [-0.4, -0.2) is 49.6 Å². The van der Waals surface area contributed by atoms with E-state index >= 15 is 0 Å². The summed E-state index contributed by atoms with van der Waals surface area (Å²) in [5.74, 6) is 0.296. The van der Waals surface area contributed by atoms with Gasteiger partial charge >= 0.3 is 0 Å². The van der Waals surface area contributed by atoms with Crippen LogP contribution in [0, 0.1) is 11.3 Å². The minimum atomic E-state index is 0.0604. The second-order valence-electron chi connectivity index (χ2n) is 5.80. The van der Waals surface area contributed by atoms with Crippen molar-refractivity contribution in [3.63, 3.8) is 0 Å². The van der Waals surface area contributed by atoms with Crippen molar-refractivity contribution in [2.24, 2.45) is 11.3 Å². The third-order valence-corrected chi connectivity index (χ3v) is 3.90. The lowest BCUT2D eigenvalue weighted by molar-refractivity contribution is -0.136. The van der Waals surface area contributed by atoms with Crippen molar-refractivity contribution in [2.45, 2.75) is 26.7 Å². The van der Waals surface area contributed by atoms with E-state index in [1.165, 1.54) is 0 Å². The van der Waals surface area contributed by atoms with Crippen LogP contribution in [0.5, 0.6) is 0 Å². The summed E-state index contributed by atoms with van der Waals surface area (Å²) in [5.41, 5.74) is 0.121. The maximum absolute atomic E-state index is 12.0. The predicted octanol–water partition coefficient (Wildman–Crippen LogP) is 0.398. The van der Waals surface area contributed by atoms with Gasteiger partial charge in [0.05, 0.1) is 13.2 Å². The average molecular weight is 254 g/mol. The van der Waals surface area contributed by atoms with E-state index in [1.807, 2.05) is 4.90 Å². The first-order chi connectivity index (χ1) is 8.50. The molecule has 2 saturated heterocycles. The summed E-state index contributed by atoms with van der Waals surface area (Å²) in [6, 6.07) is 0. The minimum absolute atomic E-state index is 0.0604. The first-order valence-corrected chi connectivity index (χ1v) is 6.61. The van der Waals surface area contributed by atoms with Crippen molar-refractivity contribution in [1.82, 2.24) is 10.2 Å². The summed E-state index contributed by atoms with van der Waals surface area (Å²) < 4.78 is 5.16. The summed E-state index contributed by atoms with van der Waals surface area (Å²) in [5, 5.41) is 3.02. The number of nitrogens with one attached hydrogen (secondary N) is 1. The fourth-order valence-corrected chi connectivity index (χ4v) is 2.45. The Kier molecular flexibility index (Phi) is 3.90. The van der Waals surface area contributed by atoms with Crippen molar-refractivity contribution in [1.29, 1.82) is 0 Å². The summed E-state index contributed by atoms with van der Waals surface area (Å²) in [6.07, 6.45) is 1.55. The molecule has 0 spiro atoms. The Balaban J connectivity index is 1.72. The molecule has 0 aromatic rings. The zero-order valence-corrected chi connectivity index (χ0v) is 11.2. The number of piperidine rings is 1. The van der Waals surface area contributed by atoms with Crippen LogP contribution in [-0.2, 0) is 14.3 Å². The Hall–Kier alpha value is -1.10. The van der Waals surface area contributed by atoms with Gasteiger partial charge in [-0.2, -0.15) is 0 Å². The summed E-state index contributed by atoms with van der Waals surface area (Å²) in [6.45, 7) is 7.26. The van der Waals surface area contributed by atoms with Crippen LogP contribution in [0.1, 0.15) is 26.7 Å². The smallest absolute Gasteiger partial charge is 0.223 e. The van der Waals surface area contributed by atoms with Crippen molar-refractivity contribution in [3.8, 4) is 0 Å². The molecule has 0 aromatic carbocycles. The zero-order valence-electron chi connectivity index (χ0n) is 11.2. The van der Waals surface area contributed by atoms with Crippen LogP contribution >= 0.6 is 0 Å². The Labute approximate surface area is 108 Å². The molecule has 0 radical (unpaired) electrons. The van der Waals surface area contributed by atoms with Gasteiger partial charge in [0.15, 0.2) is 0 Å². The van der Waals surface area contributed by atoms with Crippen LogP contribution in [0.25, 0.3) is 0 Å². The molecule has 2 fully saturated rings. The molecule has 0 unspecified atom stereocenters. The standard InChI is InChI=1S/C13H22N2O3/c1-10(16)15-5-3-11(4-6-15)12(17)14-7-13(2)8-18-9-13/h11H,3-9H2,1-2H3,(H,14,17). The van der Waals surface area contributed by atoms with Crippen molar-refractivity contribution in [3.05, 3.63) is 0 Å². The number of ether oxygens (including phenoxy) is 1. The fourth-order valence-electron chi connectivity index (χ4n) is 2.45. The van der Waals surface area contributed by atoms with Crippen LogP contribution in [0.15, 0.2) is 0 Å². The molecular weight excluding hydrogens is 232 g/mol. The van der Waals surface area contributed by atoms with Crippen LogP contribution < -0.4 is 5.32 Å². The number of carbonyl (C=O) groups excluding carboxylic acids is 2. The van der Waals surface area contributed by atoms with Gasteiger partial charge in [0, 0.05) is 37.9 Å². The lowest BCUT2D eigenvalue weighted by atomic mass is 9.88. The van der Waals surface area contributed by atoms with Gasteiger partial charge in [-0.1, -0.05) is 6.92 Å². The first-order valence-electron chi connectivity index (χ1n) is 6.61. The number of hydrogen-bond donors (Lipinski definition) is 1. The van der Waals surface area contributed by atoms with E-state index in [0.717, 1.165) is 26.1 Å². The SMILES string of the molecule is CC(=O)N1CCC(C(=O)NCC2(C)COC2)CC1. The molecule has 2 rings (SSSR count). The lowest BCUT2D eigenvalue weighted by Gasteiger charge is -2.38. The molecule has 2 amide bonds. The zero-order chi connectivity index (χ0) is 13.2. The fraction of sp³-hybridized carbons (Fsp3) is 0.846. The monoisotopic (exact) mass is 254 g/mol. The van der Waals surface area contributed by atoms with Gasteiger partial charge in [-0.05, 0) is 12.8 Å². The topological polar surface area (TPSA) is 58.6 Å². The Morgan fingerprint density at radius 1 is 1.33 bits per heavy atom. The van der Waals surface area contributed by atoms with Gasteiger partial charge in [-0.25, -0.2) is 0 Å². The van der Waals surface area contributed by atoms with E-state index < -0.39 is 0 Å². The largest absolute Gasteiger partial charge is 0.380 e. The molecule has 2 heterocycles. The second-order valence-corrected chi connectivity index (χ2v) is 5.80. The molecule has 102 valence electrons. The molecule has 0 bridgehead atoms. The molecule has 5 nitrogen and oxygen atoms in total. The molecule has 1 N–H and O–H groups in total. The average Bonchev–Trinajstić information content (AvgIpc) is 2.33. The first kappa shape index (κ1) is 13.3. The number of carbonyl (C=O) groups is 2. The number of rotatable bonds is 3. The number of amides is 2. The van der Waals surface area contributed by atoms with E-state index in [4.69, 9.17) is 4.74 Å². The molecule has 2 aliphatic rings. The Bertz CT molecular complexity index is 331. The normalized spacial score (nSPS) is 23.3. The predicted molar refractivity (Wildman–Crippen MR) is 66.9 cm³/mol. The molecule has 2 aliphatic heterocycles. The third kappa shape index (κ3) is 3.02. The van der Waals surface area contributed by atoms with E-state index in [0.29, 0.717) is 19.6 Å². The highest BCUT2D eigenvalue weighted by atomic mass is 16.5. The van der Waals surface area contributed by atoms with Gasteiger partial charge in [-0.3, -0.25) is 9.59 Å². The molecule has 0 atom stereocenters. The molecule has 0 aromatic heterocycles. The second kappa shape index (κ2) is 5.26. The summed E-state index contributed by atoms with van der Waals surface area (Å²) in [4.78, 5) is 25.0. The van der Waals surface area contributed by atoms with E-state index in [1.54, 1.807) is 6.92 Å². The molecule has 5 heteroatoms. The maximum atomic E-state index is 12.0. The minimum Gasteiger partial charge on any atom is -0.380 e. The van der Waals surface area contributed by atoms with Crippen molar-refractivity contribution < 1.29 is 14.3 Å². The number of hydrogen-bond acceptors (Lipinski definition) is 3. The molecule has 0 saturated carbocycles. The molecule has 18 heavy (non-hydrogen) atoms. The van der Waals surface area contributed by atoms with Gasteiger partial charge in [0.2, 0.25) is 11.8 Å². The summed E-state index contributed by atoms with van der Waals surface area (Å²) in [7, 11) is 0. The highest BCUT2D eigenvalue weighted by Crippen LogP contribution is 2.25. The Morgan fingerprint density at radius 2 is 1.94 bits per heavy atom. The van der Waals surface area contributed by atoms with Crippen LogP contribution in [0.3, 0.4) is 0 Å². The lowest BCUT2D eigenvalue weighted by Crippen LogP contribution is -2.50. The quantitative estimate of drug-likeness (QED) is 0.793. The van der Waals surface area contributed by atoms with Crippen molar-refractivity contribution in [2.75, 3.05) is 32.8 Å². The molecule has 0 aliphatic carbocycles. The van der Waals surface area contributed by atoms with Gasteiger partial charge < -0.3 is 15.0 Å². The van der Waals surface area contributed by atoms with Gasteiger partial charge in [0.1, 0.15) is 0 Å². The van der Waals surface area contributed by atoms with E-state index in [2.05, 4.69) is 12.2 Å².